The molecular formula is C13H16ClFN2O3. The molecule has 0 saturated heterocycles. The van der Waals surface area contributed by atoms with E-state index in [1.165, 1.54) is 6.07 Å². The number of nitrogens with one attached hydrogen (secondary N) is 1. The molecule has 1 atom stereocenters. The van der Waals surface area contributed by atoms with Crippen molar-refractivity contribution >= 4 is 29.2 Å². The molecular weight excluding hydrogens is 287 g/mol. The molecule has 0 aliphatic carbocycles. The van der Waals surface area contributed by atoms with E-state index < -0.39 is 23.7 Å². The van der Waals surface area contributed by atoms with Gasteiger partial charge in [-0.15, -0.1) is 0 Å². The Balaban J connectivity index is 2.92. The van der Waals surface area contributed by atoms with E-state index in [0.717, 1.165) is 12.5 Å². The van der Waals surface area contributed by atoms with Crippen LogP contribution in [0.5, 0.6) is 0 Å². The largest absolute Gasteiger partial charge is 0.480 e. The molecule has 20 heavy (non-hydrogen) atoms. The molecule has 5 nitrogen and oxygen atoms in total. The van der Waals surface area contributed by atoms with Gasteiger partial charge >= 0.3 is 5.97 Å². The van der Waals surface area contributed by atoms with Gasteiger partial charge in [-0.2, -0.15) is 0 Å². The molecule has 0 saturated carbocycles. The van der Waals surface area contributed by atoms with E-state index in [1.54, 1.807) is 0 Å². The first-order valence-electron chi connectivity index (χ1n) is 6.15. The Kier molecular flexibility index (Phi) is 5.76. The van der Waals surface area contributed by atoms with Crippen LogP contribution in [-0.2, 0) is 4.79 Å². The van der Waals surface area contributed by atoms with E-state index >= 15 is 0 Å². The Morgan fingerprint density at radius 3 is 2.70 bits per heavy atom. The van der Waals surface area contributed by atoms with Crippen LogP contribution in [0.15, 0.2) is 12.1 Å². The molecule has 1 amide bonds. The molecule has 1 unspecified atom stereocenters. The van der Waals surface area contributed by atoms with Gasteiger partial charge in [0.15, 0.2) is 0 Å². The van der Waals surface area contributed by atoms with Gasteiger partial charge in [-0.1, -0.05) is 31.4 Å². The van der Waals surface area contributed by atoms with Crippen LogP contribution >= 0.6 is 11.6 Å². The minimum atomic E-state index is -1.15. The van der Waals surface area contributed by atoms with Crippen LogP contribution < -0.4 is 11.1 Å². The van der Waals surface area contributed by atoms with Crippen LogP contribution in [0.3, 0.4) is 0 Å². The third kappa shape index (κ3) is 4.09. The van der Waals surface area contributed by atoms with Crippen molar-refractivity contribution in [3.63, 3.8) is 0 Å². The zero-order valence-electron chi connectivity index (χ0n) is 11.0. The summed E-state index contributed by atoms with van der Waals surface area (Å²) in [6.07, 6.45) is 1.74. The van der Waals surface area contributed by atoms with Crippen molar-refractivity contribution in [3.05, 3.63) is 28.5 Å². The summed E-state index contributed by atoms with van der Waals surface area (Å²) in [7, 11) is 0. The molecule has 1 rings (SSSR count). The molecule has 7 heteroatoms. The summed E-state index contributed by atoms with van der Waals surface area (Å²) < 4.78 is 13.4. The summed E-state index contributed by atoms with van der Waals surface area (Å²) in [6, 6.07) is 1.15. The maximum atomic E-state index is 13.4. The van der Waals surface area contributed by atoms with Crippen LogP contribution in [0.2, 0.25) is 5.02 Å². The average Bonchev–Trinajstić information content (AvgIpc) is 2.38. The first-order chi connectivity index (χ1) is 9.36. The third-order valence-corrected chi connectivity index (χ3v) is 3.01. The number of hydrogen-bond acceptors (Lipinski definition) is 3. The smallest absolute Gasteiger partial charge is 0.326 e. The number of aliphatic carboxylic acids is 1. The molecule has 0 bridgehead atoms. The Bertz CT molecular complexity index is 523. The number of rotatable bonds is 6. The Labute approximate surface area is 120 Å². The van der Waals surface area contributed by atoms with Gasteiger partial charge in [0.1, 0.15) is 11.9 Å². The lowest BCUT2D eigenvalue weighted by Gasteiger charge is -2.15. The Morgan fingerprint density at radius 2 is 2.15 bits per heavy atom. The van der Waals surface area contributed by atoms with Crippen molar-refractivity contribution in [1.29, 1.82) is 0 Å². The maximum absolute atomic E-state index is 13.4. The number of halogens is 2. The standard InChI is InChI=1S/C13H16ClFN2O3/c1-2-3-4-10(13(19)20)17-12(18)8-5-7(14)6-9(15)11(8)16/h5-6,10H,2-4,16H2,1H3,(H,17,18)(H,19,20). The minimum absolute atomic E-state index is 0.0160. The van der Waals surface area contributed by atoms with Crippen LogP contribution in [0.25, 0.3) is 0 Å². The highest BCUT2D eigenvalue weighted by Gasteiger charge is 2.22. The predicted molar refractivity (Wildman–Crippen MR) is 74.2 cm³/mol. The highest BCUT2D eigenvalue weighted by molar-refractivity contribution is 6.31. The number of hydrogen-bond donors (Lipinski definition) is 3. The number of nitrogens with two attached hydrogens (primary N) is 1. The van der Waals surface area contributed by atoms with Crippen molar-refractivity contribution in [3.8, 4) is 0 Å². The molecule has 4 N–H and O–H groups in total. The second-order valence-electron chi connectivity index (χ2n) is 4.36. The van der Waals surface area contributed by atoms with Crippen molar-refractivity contribution in [1.82, 2.24) is 5.32 Å². The topological polar surface area (TPSA) is 92.4 Å². The normalized spacial score (nSPS) is 11.9. The monoisotopic (exact) mass is 302 g/mol. The molecule has 0 aromatic heterocycles. The van der Waals surface area contributed by atoms with E-state index in [9.17, 15) is 14.0 Å². The molecule has 1 aromatic rings. The van der Waals surface area contributed by atoms with Crippen molar-refractivity contribution in [2.45, 2.75) is 32.2 Å². The van der Waals surface area contributed by atoms with Crippen molar-refractivity contribution in [2.75, 3.05) is 5.73 Å². The fraction of sp³-hybridized carbons (Fsp3) is 0.385. The lowest BCUT2D eigenvalue weighted by Crippen LogP contribution is -2.41. The van der Waals surface area contributed by atoms with Gasteiger partial charge in [0, 0.05) is 5.02 Å². The molecule has 0 spiro atoms. The van der Waals surface area contributed by atoms with Crippen molar-refractivity contribution < 1.29 is 19.1 Å². The second-order valence-corrected chi connectivity index (χ2v) is 4.79. The average molecular weight is 303 g/mol. The molecule has 0 heterocycles. The van der Waals surface area contributed by atoms with Gasteiger partial charge in [-0.25, -0.2) is 9.18 Å². The summed E-state index contributed by atoms with van der Waals surface area (Å²) in [5.74, 6) is -2.72. The van der Waals surface area contributed by atoms with Crippen LogP contribution in [-0.4, -0.2) is 23.0 Å². The number of carbonyl (C=O) groups is 2. The lowest BCUT2D eigenvalue weighted by atomic mass is 10.1. The van der Waals surface area contributed by atoms with Gasteiger partial charge in [0.05, 0.1) is 11.3 Å². The fourth-order valence-electron chi connectivity index (χ4n) is 1.67. The number of anilines is 1. The van der Waals surface area contributed by atoms with Gasteiger partial charge in [0.25, 0.3) is 5.91 Å². The minimum Gasteiger partial charge on any atom is -0.480 e. The Hall–Kier alpha value is -1.82. The van der Waals surface area contributed by atoms with E-state index in [0.29, 0.717) is 12.8 Å². The summed E-state index contributed by atoms with van der Waals surface area (Å²) in [4.78, 5) is 23.0. The SMILES string of the molecule is CCCCC(NC(=O)c1cc(Cl)cc(F)c1N)C(=O)O. The van der Waals surface area contributed by atoms with E-state index in [2.05, 4.69) is 5.32 Å². The summed E-state index contributed by atoms with van der Waals surface area (Å²) in [6.45, 7) is 1.91. The molecule has 0 fully saturated rings. The summed E-state index contributed by atoms with van der Waals surface area (Å²) in [5.41, 5.74) is 4.94. The first kappa shape index (κ1) is 16.2. The van der Waals surface area contributed by atoms with Crippen molar-refractivity contribution in [2.24, 2.45) is 0 Å². The zero-order valence-corrected chi connectivity index (χ0v) is 11.7. The number of amides is 1. The Morgan fingerprint density at radius 1 is 1.50 bits per heavy atom. The van der Waals surface area contributed by atoms with E-state index in [1.807, 2.05) is 6.92 Å². The zero-order chi connectivity index (χ0) is 15.3. The number of nitrogen functional groups attached to an aromatic ring is 1. The summed E-state index contributed by atoms with van der Waals surface area (Å²) >= 11 is 5.66. The van der Waals surface area contributed by atoms with Gasteiger partial charge in [-0.05, 0) is 18.6 Å². The number of carboxylic acids is 1. The van der Waals surface area contributed by atoms with Gasteiger partial charge in [0.2, 0.25) is 0 Å². The number of unbranched alkanes of at least 4 members (excludes halogenated alkanes) is 1. The molecule has 0 aliphatic rings. The molecule has 0 radical (unpaired) electrons. The maximum Gasteiger partial charge on any atom is 0.326 e. The van der Waals surface area contributed by atoms with Crippen LogP contribution in [0.4, 0.5) is 10.1 Å². The number of carboxylic acid groups (broad SMARTS) is 1. The van der Waals surface area contributed by atoms with E-state index in [-0.39, 0.29) is 16.3 Å². The highest BCUT2D eigenvalue weighted by atomic mass is 35.5. The highest BCUT2D eigenvalue weighted by Crippen LogP contribution is 2.22. The predicted octanol–water partition coefficient (Wildman–Crippen LogP) is 2.43. The molecule has 1 aromatic carbocycles. The molecule has 110 valence electrons. The third-order valence-electron chi connectivity index (χ3n) is 2.79. The van der Waals surface area contributed by atoms with Gasteiger partial charge < -0.3 is 16.2 Å². The number of carbonyl (C=O) groups excluding carboxylic acids is 1. The van der Waals surface area contributed by atoms with Crippen LogP contribution in [0.1, 0.15) is 36.5 Å². The quantitative estimate of drug-likeness (QED) is 0.704. The first-order valence-corrected chi connectivity index (χ1v) is 6.52. The lowest BCUT2D eigenvalue weighted by molar-refractivity contribution is -0.139. The van der Waals surface area contributed by atoms with Crippen LogP contribution in [0, 0.1) is 5.82 Å². The van der Waals surface area contributed by atoms with E-state index in [4.69, 9.17) is 22.4 Å². The summed E-state index contributed by atoms with van der Waals surface area (Å²) in [5, 5.41) is 11.4. The number of benzene rings is 1. The fourth-order valence-corrected chi connectivity index (χ4v) is 1.88. The van der Waals surface area contributed by atoms with Gasteiger partial charge in [-0.3, -0.25) is 4.79 Å². The molecule has 0 aliphatic heterocycles. The second kappa shape index (κ2) is 7.09.